The molecule has 0 aliphatic carbocycles. The first-order valence-electron chi connectivity index (χ1n) is 4.44. The van der Waals surface area contributed by atoms with Crippen LogP contribution in [0, 0.1) is 0 Å². The highest BCUT2D eigenvalue weighted by Gasteiger charge is 2.23. The van der Waals surface area contributed by atoms with Crippen molar-refractivity contribution < 1.29 is 8.78 Å². The molecule has 0 aliphatic heterocycles. The molecule has 0 atom stereocenters. The van der Waals surface area contributed by atoms with Crippen LogP contribution in [0.3, 0.4) is 0 Å². The van der Waals surface area contributed by atoms with Crippen molar-refractivity contribution in [3.05, 3.63) is 11.3 Å². The minimum atomic E-state index is -2.04. The lowest BCUT2D eigenvalue weighted by Gasteiger charge is -2.13. The molecule has 0 nitrogen and oxygen atoms in total. The zero-order valence-electron chi connectivity index (χ0n) is 8.38. The topological polar surface area (TPSA) is 0 Å². The van der Waals surface area contributed by atoms with Gasteiger partial charge in [0.2, 0.25) is 0 Å². The summed E-state index contributed by atoms with van der Waals surface area (Å²) in [7, 11) is -2.04. The lowest BCUT2D eigenvalue weighted by atomic mass is 10.2. The Bertz CT molecular complexity index is 168. The van der Waals surface area contributed by atoms with Crippen LogP contribution in [-0.2, 0) is 0 Å². The third-order valence-electron chi connectivity index (χ3n) is 1.65. The molecule has 12 heavy (non-hydrogen) atoms. The van der Waals surface area contributed by atoms with Gasteiger partial charge < -0.3 is 0 Å². The van der Waals surface area contributed by atoms with Crippen LogP contribution < -0.4 is 0 Å². The normalized spacial score (nSPS) is 14.5. The second-order valence-corrected chi connectivity index (χ2v) is 9.01. The maximum atomic E-state index is 13.2. The van der Waals surface area contributed by atoms with Crippen molar-refractivity contribution in [2.75, 3.05) is 0 Å². The number of hydrogen-bond acceptors (Lipinski definition) is 0. The summed E-state index contributed by atoms with van der Waals surface area (Å²) < 4.78 is 26.2. The lowest BCUT2D eigenvalue weighted by Crippen LogP contribution is -2.22. The lowest BCUT2D eigenvalue weighted by molar-refractivity contribution is 0.519. The van der Waals surface area contributed by atoms with Gasteiger partial charge in [0.25, 0.3) is 0 Å². The van der Waals surface area contributed by atoms with Gasteiger partial charge in [-0.2, -0.15) is 0 Å². The van der Waals surface area contributed by atoms with Crippen molar-refractivity contribution in [3.63, 3.8) is 0 Å². The molecule has 0 heterocycles. The van der Waals surface area contributed by atoms with Crippen LogP contribution in [0.4, 0.5) is 8.78 Å². The molecule has 0 unspecified atom stereocenters. The van der Waals surface area contributed by atoms with E-state index in [0.717, 1.165) is 12.8 Å². The third kappa shape index (κ3) is 4.00. The largest absolute Gasteiger partial charge is 0.215 e. The van der Waals surface area contributed by atoms with Crippen LogP contribution >= 0.6 is 0 Å². The van der Waals surface area contributed by atoms with E-state index in [2.05, 4.69) is 0 Å². The van der Waals surface area contributed by atoms with Crippen molar-refractivity contribution in [2.45, 2.75) is 45.8 Å². The molecular formula is C9H18F2Si. The summed E-state index contributed by atoms with van der Waals surface area (Å²) in [6, 6.07) is 0. The first-order valence-corrected chi connectivity index (χ1v) is 7.94. The predicted molar refractivity (Wildman–Crippen MR) is 52.1 cm³/mol. The predicted octanol–water partition coefficient (Wildman–Crippen LogP) is 4.20. The Kier molecular flexibility index (Phi) is 4.68. The smallest absolute Gasteiger partial charge is 0.126 e. The fourth-order valence-electron chi connectivity index (χ4n) is 0.849. The van der Waals surface area contributed by atoms with Crippen LogP contribution in [0.2, 0.25) is 19.6 Å². The molecule has 72 valence electrons. The Morgan fingerprint density at radius 1 is 1.17 bits per heavy atom. The van der Waals surface area contributed by atoms with Gasteiger partial charge in [0.1, 0.15) is 19.4 Å². The second-order valence-electron chi connectivity index (χ2n) is 4.07. The van der Waals surface area contributed by atoms with Crippen molar-refractivity contribution in [2.24, 2.45) is 0 Å². The molecule has 3 heteroatoms. The van der Waals surface area contributed by atoms with Crippen LogP contribution in [0.25, 0.3) is 0 Å². The molecular weight excluding hydrogens is 174 g/mol. The standard InChI is InChI=1S/C9H18F2Si/c1-5-6-7-8(10)9(11)12(2,3)4/h5-7H2,1-4H3/b9-8-. The SMILES string of the molecule is CCCC/C(F)=C(\F)[Si](C)(C)C. The van der Waals surface area contributed by atoms with Crippen molar-refractivity contribution in [3.8, 4) is 0 Å². The third-order valence-corrected chi connectivity index (χ3v) is 3.23. The maximum absolute atomic E-state index is 13.2. The first kappa shape index (κ1) is 11.8. The van der Waals surface area contributed by atoms with Crippen LogP contribution in [-0.4, -0.2) is 8.07 Å². The highest BCUT2D eigenvalue weighted by atomic mass is 28.3. The number of unbranched alkanes of at least 4 members (excludes halogenated alkanes) is 1. The highest BCUT2D eigenvalue weighted by Crippen LogP contribution is 2.23. The van der Waals surface area contributed by atoms with E-state index in [1.165, 1.54) is 0 Å². The quantitative estimate of drug-likeness (QED) is 0.585. The average molecular weight is 192 g/mol. The molecule has 0 N–H and O–H groups in total. The van der Waals surface area contributed by atoms with Crippen LogP contribution in [0.5, 0.6) is 0 Å². The summed E-state index contributed by atoms with van der Waals surface area (Å²) in [5, 5.41) is 0. The summed E-state index contributed by atoms with van der Waals surface area (Å²) in [6.07, 6.45) is 1.92. The summed E-state index contributed by atoms with van der Waals surface area (Å²) in [4.78, 5) is 0. The summed E-state index contributed by atoms with van der Waals surface area (Å²) in [5.74, 6) is -0.518. The molecule has 0 aromatic carbocycles. The Hall–Kier alpha value is -0.183. The number of allylic oxidation sites excluding steroid dienone is 1. The molecule has 0 aliphatic rings. The Labute approximate surface area is 74.7 Å². The van der Waals surface area contributed by atoms with E-state index in [4.69, 9.17) is 0 Å². The van der Waals surface area contributed by atoms with Crippen molar-refractivity contribution >= 4 is 8.07 Å². The zero-order chi connectivity index (χ0) is 9.78. The molecule has 0 amide bonds. The zero-order valence-corrected chi connectivity index (χ0v) is 9.38. The average Bonchev–Trinajstić information content (AvgIpc) is 1.97. The maximum Gasteiger partial charge on any atom is 0.126 e. The van der Waals surface area contributed by atoms with E-state index in [1.807, 2.05) is 26.6 Å². The van der Waals surface area contributed by atoms with Crippen molar-refractivity contribution in [1.82, 2.24) is 0 Å². The summed E-state index contributed by atoms with van der Waals surface area (Å²) in [5.41, 5.74) is -0.462. The van der Waals surface area contributed by atoms with Gasteiger partial charge >= 0.3 is 0 Å². The molecule has 0 saturated carbocycles. The Morgan fingerprint density at radius 3 is 2.00 bits per heavy atom. The van der Waals surface area contributed by atoms with Gasteiger partial charge in [0.15, 0.2) is 0 Å². The van der Waals surface area contributed by atoms with Gasteiger partial charge in [-0.3, -0.25) is 0 Å². The van der Waals surface area contributed by atoms with Gasteiger partial charge in [-0.25, -0.2) is 8.78 Å². The molecule has 0 spiro atoms. The Balaban J connectivity index is 4.26. The molecule has 0 aromatic heterocycles. The van der Waals surface area contributed by atoms with E-state index in [0.29, 0.717) is 0 Å². The second kappa shape index (κ2) is 4.75. The summed E-state index contributed by atoms with van der Waals surface area (Å²) >= 11 is 0. The monoisotopic (exact) mass is 192 g/mol. The van der Waals surface area contributed by atoms with Gasteiger partial charge in [0.05, 0.1) is 0 Å². The molecule has 0 radical (unpaired) electrons. The molecule has 0 rings (SSSR count). The fraction of sp³-hybridized carbons (Fsp3) is 0.778. The van der Waals surface area contributed by atoms with Crippen LogP contribution in [0.1, 0.15) is 26.2 Å². The minimum absolute atomic E-state index is 0.270. The van der Waals surface area contributed by atoms with Crippen molar-refractivity contribution in [1.29, 1.82) is 0 Å². The van der Waals surface area contributed by atoms with E-state index in [1.54, 1.807) is 0 Å². The van der Waals surface area contributed by atoms with Crippen LogP contribution in [0.15, 0.2) is 11.3 Å². The fourth-order valence-corrected chi connectivity index (χ4v) is 1.79. The van der Waals surface area contributed by atoms with E-state index in [9.17, 15) is 8.78 Å². The van der Waals surface area contributed by atoms with Gasteiger partial charge in [-0.05, 0) is 6.42 Å². The molecule has 0 aromatic rings. The molecule has 0 bridgehead atoms. The number of hydrogen-bond donors (Lipinski definition) is 0. The summed E-state index contributed by atoms with van der Waals surface area (Å²) in [6.45, 7) is 7.41. The number of halogens is 2. The molecule has 0 saturated heterocycles. The van der Waals surface area contributed by atoms with Gasteiger partial charge in [-0.1, -0.05) is 33.0 Å². The van der Waals surface area contributed by atoms with E-state index < -0.39 is 19.4 Å². The van der Waals surface area contributed by atoms with Gasteiger partial charge in [-0.15, -0.1) is 0 Å². The minimum Gasteiger partial charge on any atom is -0.215 e. The highest BCUT2D eigenvalue weighted by molar-refractivity contribution is 6.82. The van der Waals surface area contributed by atoms with Gasteiger partial charge in [0, 0.05) is 6.42 Å². The number of rotatable bonds is 4. The van der Waals surface area contributed by atoms with E-state index >= 15 is 0 Å². The molecule has 0 fully saturated rings. The van der Waals surface area contributed by atoms with E-state index in [-0.39, 0.29) is 6.42 Å². The first-order chi connectivity index (χ1) is 5.39. The Morgan fingerprint density at radius 2 is 1.67 bits per heavy atom.